The van der Waals surface area contributed by atoms with E-state index >= 15 is 0 Å². The van der Waals surface area contributed by atoms with Gasteiger partial charge in [0.1, 0.15) is 11.4 Å². The van der Waals surface area contributed by atoms with Crippen LogP contribution in [0.4, 0.5) is 16.3 Å². The maximum atomic E-state index is 13.3. The van der Waals surface area contributed by atoms with E-state index in [9.17, 15) is 14.4 Å². The number of aromatic nitrogens is 3. The maximum Gasteiger partial charge on any atom is 0.413 e. The Morgan fingerprint density at radius 2 is 1.89 bits per heavy atom. The third-order valence-electron chi connectivity index (χ3n) is 6.06. The van der Waals surface area contributed by atoms with E-state index < -0.39 is 23.5 Å². The number of benzene rings is 1. The summed E-state index contributed by atoms with van der Waals surface area (Å²) < 4.78 is 5.25. The normalized spacial score (nSPS) is 18.1. The summed E-state index contributed by atoms with van der Waals surface area (Å²) in [6, 6.07) is 7.32. The van der Waals surface area contributed by atoms with Crippen molar-refractivity contribution in [3.63, 3.8) is 0 Å². The van der Waals surface area contributed by atoms with Crippen LogP contribution in [0.25, 0.3) is 11.0 Å². The van der Waals surface area contributed by atoms with Crippen LogP contribution in [0, 0.1) is 12.8 Å². The first-order chi connectivity index (χ1) is 17.0. The van der Waals surface area contributed by atoms with E-state index in [1.807, 2.05) is 18.2 Å². The van der Waals surface area contributed by atoms with Crippen molar-refractivity contribution >= 4 is 40.4 Å². The molecule has 0 bridgehead atoms. The number of amides is 3. The minimum absolute atomic E-state index is 0.208. The molecule has 1 fully saturated rings. The van der Waals surface area contributed by atoms with Crippen LogP contribution >= 0.6 is 0 Å². The monoisotopic (exact) mass is 492 g/mol. The highest BCUT2D eigenvalue weighted by atomic mass is 16.6. The molecule has 190 valence electrons. The molecule has 2 atom stereocenters. The molecule has 1 aliphatic heterocycles. The predicted molar refractivity (Wildman–Crippen MR) is 136 cm³/mol. The average molecular weight is 493 g/mol. The molecule has 4 rings (SSSR count). The molecule has 2 aromatic heterocycles. The number of H-pyrrole nitrogens is 1. The molecule has 36 heavy (non-hydrogen) atoms. The molecule has 1 aliphatic rings. The second-order valence-corrected chi connectivity index (χ2v) is 10.3. The third kappa shape index (κ3) is 5.81. The van der Waals surface area contributed by atoms with E-state index in [1.54, 1.807) is 45.0 Å². The zero-order chi connectivity index (χ0) is 26.0. The lowest BCUT2D eigenvalue weighted by Gasteiger charge is -2.38. The molecule has 10 heteroatoms. The first-order valence-electron chi connectivity index (χ1n) is 12.0. The smallest absolute Gasteiger partial charge is 0.413 e. The van der Waals surface area contributed by atoms with Crippen LogP contribution in [0.3, 0.4) is 0 Å². The third-order valence-corrected chi connectivity index (χ3v) is 6.06. The fraction of sp³-hybridized carbons (Fsp3) is 0.423. The van der Waals surface area contributed by atoms with Crippen molar-refractivity contribution in [3.05, 3.63) is 47.9 Å². The maximum absolute atomic E-state index is 13.3. The van der Waals surface area contributed by atoms with Crippen molar-refractivity contribution in [1.29, 1.82) is 0 Å². The Morgan fingerprint density at radius 1 is 1.11 bits per heavy atom. The summed E-state index contributed by atoms with van der Waals surface area (Å²) in [5, 5.41) is 5.25. The lowest BCUT2D eigenvalue weighted by atomic mass is 9.89. The number of pyridine rings is 1. The molecule has 2 unspecified atom stereocenters. The Bertz CT molecular complexity index is 1300. The van der Waals surface area contributed by atoms with Gasteiger partial charge in [-0.25, -0.2) is 14.8 Å². The second-order valence-electron chi connectivity index (χ2n) is 10.3. The SMILES string of the molecule is Cc1cc(NC(=O)C(=O)N2CC(C)CCC2c2ccc3[nH]cnc3c2)cnc1NC(=O)OC(C)(C)C. The van der Waals surface area contributed by atoms with Crippen molar-refractivity contribution in [1.82, 2.24) is 19.9 Å². The number of aromatic amines is 1. The summed E-state index contributed by atoms with van der Waals surface area (Å²) in [4.78, 5) is 51.5. The number of hydrogen-bond acceptors (Lipinski definition) is 6. The standard InChI is InChI=1S/C26H32N6O4/c1-15-6-9-21(17-7-8-19-20(11-17)29-14-28-19)32(13-15)24(34)23(33)30-18-10-16(2)22(27-12-18)31-25(35)36-26(3,4)5/h7-8,10-12,14-15,21H,6,9,13H2,1-5H3,(H,28,29)(H,30,33)(H,27,31,35). The Hall–Kier alpha value is -3.95. The van der Waals surface area contributed by atoms with Crippen molar-refractivity contribution in [2.75, 3.05) is 17.2 Å². The van der Waals surface area contributed by atoms with E-state index in [0.29, 0.717) is 23.6 Å². The van der Waals surface area contributed by atoms with E-state index in [0.717, 1.165) is 29.4 Å². The van der Waals surface area contributed by atoms with Crippen molar-refractivity contribution in [2.45, 2.75) is 59.1 Å². The van der Waals surface area contributed by atoms with Gasteiger partial charge in [0.05, 0.1) is 35.3 Å². The molecule has 3 amide bonds. The number of fused-ring (bicyclic) bond motifs is 1. The zero-order valence-corrected chi connectivity index (χ0v) is 21.2. The quantitative estimate of drug-likeness (QED) is 0.460. The van der Waals surface area contributed by atoms with Gasteiger partial charge < -0.3 is 19.9 Å². The van der Waals surface area contributed by atoms with Crippen molar-refractivity contribution < 1.29 is 19.1 Å². The van der Waals surface area contributed by atoms with Gasteiger partial charge in [-0.05, 0) is 75.8 Å². The number of nitrogens with zero attached hydrogens (tertiary/aromatic N) is 3. The van der Waals surface area contributed by atoms with Gasteiger partial charge in [0.25, 0.3) is 0 Å². The average Bonchev–Trinajstić information content (AvgIpc) is 3.27. The number of carbonyl (C=O) groups excluding carboxylic acids is 3. The Morgan fingerprint density at radius 3 is 2.61 bits per heavy atom. The van der Waals surface area contributed by atoms with E-state index in [-0.39, 0.29) is 12.0 Å². The number of piperidine rings is 1. The minimum Gasteiger partial charge on any atom is -0.444 e. The van der Waals surface area contributed by atoms with Crippen molar-refractivity contribution in [3.8, 4) is 0 Å². The fourth-order valence-corrected chi connectivity index (χ4v) is 4.37. The number of anilines is 2. The molecule has 0 spiro atoms. The van der Waals surface area contributed by atoms with Crippen LogP contribution in [-0.2, 0) is 14.3 Å². The molecule has 0 saturated carbocycles. The number of nitrogens with one attached hydrogen (secondary N) is 3. The zero-order valence-electron chi connectivity index (χ0n) is 21.2. The van der Waals surface area contributed by atoms with Gasteiger partial charge in [-0.2, -0.15) is 0 Å². The lowest BCUT2D eigenvalue weighted by molar-refractivity contribution is -0.146. The number of likely N-dealkylation sites (tertiary alicyclic amines) is 1. The number of carbonyl (C=O) groups is 3. The fourth-order valence-electron chi connectivity index (χ4n) is 4.37. The van der Waals surface area contributed by atoms with Crippen LogP contribution in [0.15, 0.2) is 36.8 Å². The number of imidazole rings is 1. The van der Waals surface area contributed by atoms with Gasteiger partial charge in [-0.3, -0.25) is 14.9 Å². The first kappa shape index (κ1) is 25.2. The molecule has 1 saturated heterocycles. The molecule has 0 radical (unpaired) electrons. The Kier molecular flexibility index (Phi) is 6.96. The van der Waals surface area contributed by atoms with Crippen LogP contribution in [-0.4, -0.2) is 49.9 Å². The molecular weight excluding hydrogens is 460 g/mol. The summed E-state index contributed by atoms with van der Waals surface area (Å²) in [6.45, 7) is 9.62. The van der Waals surface area contributed by atoms with E-state index in [1.165, 1.54) is 6.20 Å². The van der Waals surface area contributed by atoms with Gasteiger partial charge >= 0.3 is 17.9 Å². The molecule has 1 aromatic carbocycles. The molecule has 3 aromatic rings. The number of ether oxygens (including phenoxy) is 1. The van der Waals surface area contributed by atoms with Crippen LogP contribution in [0.2, 0.25) is 0 Å². The minimum atomic E-state index is -0.732. The van der Waals surface area contributed by atoms with Crippen molar-refractivity contribution in [2.24, 2.45) is 5.92 Å². The second kappa shape index (κ2) is 9.96. The predicted octanol–water partition coefficient (Wildman–Crippen LogP) is 4.55. The highest BCUT2D eigenvalue weighted by molar-refractivity contribution is 6.39. The molecule has 3 N–H and O–H groups in total. The largest absolute Gasteiger partial charge is 0.444 e. The molecular formula is C26H32N6O4. The summed E-state index contributed by atoms with van der Waals surface area (Å²) in [7, 11) is 0. The van der Waals surface area contributed by atoms with Gasteiger partial charge in [0, 0.05) is 6.54 Å². The molecule has 10 nitrogen and oxygen atoms in total. The van der Waals surface area contributed by atoms with E-state index in [4.69, 9.17) is 4.74 Å². The topological polar surface area (TPSA) is 129 Å². The highest BCUT2D eigenvalue weighted by Crippen LogP contribution is 2.34. The summed E-state index contributed by atoms with van der Waals surface area (Å²) in [6.07, 6.45) is 4.14. The highest BCUT2D eigenvalue weighted by Gasteiger charge is 2.34. The summed E-state index contributed by atoms with van der Waals surface area (Å²) in [5.41, 5.74) is 3.04. The van der Waals surface area contributed by atoms with Gasteiger partial charge in [-0.15, -0.1) is 0 Å². The Balaban J connectivity index is 1.46. The van der Waals surface area contributed by atoms with E-state index in [2.05, 4.69) is 32.5 Å². The number of rotatable bonds is 3. The number of aryl methyl sites for hydroxylation is 1. The van der Waals surface area contributed by atoms with Gasteiger partial charge in [-0.1, -0.05) is 13.0 Å². The summed E-state index contributed by atoms with van der Waals surface area (Å²) in [5.74, 6) is -0.729. The van der Waals surface area contributed by atoms with Gasteiger partial charge in [0.2, 0.25) is 0 Å². The first-order valence-corrected chi connectivity index (χ1v) is 12.0. The molecule has 3 heterocycles. The molecule has 0 aliphatic carbocycles. The van der Waals surface area contributed by atoms with Crippen LogP contribution < -0.4 is 10.6 Å². The lowest BCUT2D eigenvalue weighted by Crippen LogP contribution is -2.46. The van der Waals surface area contributed by atoms with Crippen LogP contribution in [0.1, 0.15) is 57.7 Å². The Labute approximate surface area is 209 Å². The van der Waals surface area contributed by atoms with Crippen LogP contribution in [0.5, 0.6) is 0 Å². The van der Waals surface area contributed by atoms with Gasteiger partial charge in [0.15, 0.2) is 0 Å². The number of hydrogen-bond donors (Lipinski definition) is 3. The summed E-state index contributed by atoms with van der Waals surface area (Å²) >= 11 is 0.